The van der Waals surface area contributed by atoms with E-state index < -0.39 is 0 Å². The average Bonchev–Trinajstić information content (AvgIpc) is 2.70. The number of nitrogens with zero attached hydrogens (tertiary/aromatic N) is 2. The molecule has 0 bridgehead atoms. The second-order valence-corrected chi connectivity index (χ2v) is 7.60. The van der Waals surface area contributed by atoms with E-state index >= 15 is 0 Å². The van der Waals surface area contributed by atoms with E-state index in [0.29, 0.717) is 6.41 Å². The summed E-state index contributed by atoms with van der Waals surface area (Å²) in [5.74, 6) is 0.928. The lowest BCUT2D eigenvalue weighted by Crippen LogP contribution is -2.44. The zero-order valence-corrected chi connectivity index (χ0v) is 18.3. The number of piperazine rings is 1. The van der Waals surface area contributed by atoms with Gasteiger partial charge in [-0.3, -0.25) is 4.79 Å². The van der Waals surface area contributed by atoms with Crippen molar-refractivity contribution in [1.29, 1.82) is 0 Å². The summed E-state index contributed by atoms with van der Waals surface area (Å²) in [7, 11) is 3.91. The summed E-state index contributed by atoms with van der Waals surface area (Å²) in [5, 5.41) is 6.46. The van der Waals surface area contributed by atoms with Crippen LogP contribution in [0.1, 0.15) is 20.3 Å². The summed E-state index contributed by atoms with van der Waals surface area (Å²) < 4.78 is 0. The van der Waals surface area contributed by atoms with Crippen LogP contribution in [0.25, 0.3) is 0 Å². The molecule has 8 heteroatoms. The lowest BCUT2D eigenvalue weighted by Gasteiger charge is -2.31. The first-order chi connectivity index (χ1) is 13.6. The molecule has 0 saturated carbocycles. The number of hydrogen-bond donors (Lipinski definition) is 3. The fourth-order valence-electron chi connectivity index (χ4n) is 2.60. The van der Waals surface area contributed by atoms with Gasteiger partial charge in [0.2, 0.25) is 6.41 Å². The zero-order valence-electron chi connectivity index (χ0n) is 17.5. The van der Waals surface area contributed by atoms with Gasteiger partial charge < -0.3 is 25.3 Å². The van der Waals surface area contributed by atoms with Gasteiger partial charge in [0.05, 0.1) is 6.20 Å². The van der Waals surface area contributed by atoms with E-state index in [4.69, 9.17) is 4.84 Å². The molecule has 3 N–H and O–H groups in total. The lowest BCUT2D eigenvalue weighted by molar-refractivity contribution is -0.105. The summed E-state index contributed by atoms with van der Waals surface area (Å²) in [6.45, 7) is 10.6. The Labute approximate surface area is 173 Å². The molecule has 158 valence electrons. The smallest absolute Gasteiger partial charge is 0.211 e. The summed E-state index contributed by atoms with van der Waals surface area (Å²) in [6, 6.07) is 7.37. The summed E-state index contributed by atoms with van der Waals surface area (Å²) in [4.78, 5) is 20.4. The molecule has 0 radical (unpaired) electrons. The molecule has 0 unspecified atom stereocenters. The average molecular weight is 410 g/mol. The quantitative estimate of drug-likeness (QED) is 0.312. The summed E-state index contributed by atoms with van der Waals surface area (Å²) in [6.07, 6.45) is 3.73. The number of rotatable bonds is 10. The molecule has 1 saturated heterocycles. The molecule has 0 aromatic heterocycles. The number of carbonyl (C=O) groups is 1. The molecule has 1 fully saturated rings. The maximum Gasteiger partial charge on any atom is 0.211 e. The van der Waals surface area contributed by atoms with Crippen molar-refractivity contribution >= 4 is 29.5 Å². The topological polar surface area (TPSA) is 68.9 Å². The Hall–Kier alpha value is -1.74. The van der Waals surface area contributed by atoms with Gasteiger partial charge in [-0.25, -0.2) is 0 Å². The van der Waals surface area contributed by atoms with Crippen molar-refractivity contribution in [3.63, 3.8) is 0 Å². The number of thioether (sulfide) groups is 1. The molecular formula is C20H35N5O2S. The van der Waals surface area contributed by atoms with Crippen molar-refractivity contribution in [2.45, 2.75) is 20.3 Å². The van der Waals surface area contributed by atoms with Gasteiger partial charge in [-0.15, -0.1) is 0 Å². The first-order valence-corrected chi connectivity index (χ1v) is 10.8. The molecule has 0 atom stereocenters. The predicted octanol–water partition coefficient (Wildman–Crippen LogP) is 3.01. The molecule has 0 aliphatic carbocycles. The third kappa shape index (κ3) is 10.6. The first-order valence-electron chi connectivity index (χ1n) is 9.77. The molecule has 0 spiro atoms. The Morgan fingerprint density at radius 1 is 1.11 bits per heavy atom. The molecule has 7 nitrogen and oxygen atoms in total. The number of likely N-dealkylation sites (N-methyl/N-ethyl adjacent to an activating group) is 1. The van der Waals surface area contributed by atoms with Crippen LogP contribution in [0.5, 0.6) is 0 Å². The van der Waals surface area contributed by atoms with Crippen LogP contribution in [0.15, 0.2) is 35.6 Å². The summed E-state index contributed by atoms with van der Waals surface area (Å²) >= 11 is 1.59. The van der Waals surface area contributed by atoms with E-state index in [9.17, 15) is 4.79 Å². The van der Waals surface area contributed by atoms with Crippen LogP contribution in [0.4, 0.5) is 11.4 Å². The molecule has 1 heterocycles. The highest BCUT2D eigenvalue weighted by atomic mass is 32.2. The minimum Gasteiger partial charge on any atom is -0.400 e. The van der Waals surface area contributed by atoms with Crippen LogP contribution in [-0.2, 0) is 9.63 Å². The second-order valence-electron chi connectivity index (χ2n) is 6.33. The van der Waals surface area contributed by atoms with E-state index in [1.165, 1.54) is 39.1 Å². The Kier molecular flexibility index (Phi) is 13.2. The third-order valence-corrected chi connectivity index (χ3v) is 4.87. The standard InChI is InChI=1S/C12H17N3O2S.C8H18N2/c1-3-18-12(17-13-2)8-14-10-4-6-11(7-5-10)15-9-16;1-3-4-10-7-5-9(2)6-8-10/h4-9,13-14H,3H2,1-2H3,(H,15,16);3-8H2,1-2H3/b12-8+;. The van der Waals surface area contributed by atoms with Crippen molar-refractivity contribution in [2.75, 3.05) is 63.2 Å². The Morgan fingerprint density at radius 3 is 2.21 bits per heavy atom. The van der Waals surface area contributed by atoms with E-state index in [-0.39, 0.29) is 0 Å². The summed E-state index contributed by atoms with van der Waals surface area (Å²) in [5.41, 5.74) is 4.31. The minimum atomic E-state index is 0.652. The van der Waals surface area contributed by atoms with E-state index in [1.807, 2.05) is 24.3 Å². The van der Waals surface area contributed by atoms with E-state index in [0.717, 1.165) is 22.2 Å². The minimum absolute atomic E-state index is 0.652. The van der Waals surface area contributed by atoms with Crippen LogP contribution in [0, 0.1) is 0 Å². The Morgan fingerprint density at radius 2 is 1.71 bits per heavy atom. The number of carbonyl (C=O) groups excluding carboxylic acids is 1. The van der Waals surface area contributed by atoms with Crippen molar-refractivity contribution in [3.05, 3.63) is 35.6 Å². The maximum absolute atomic E-state index is 10.3. The van der Waals surface area contributed by atoms with Crippen molar-refractivity contribution in [3.8, 4) is 0 Å². The normalized spacial score (nSPS) is 15.4. The molecule has 1 aromatic carbocycles. The Bertz CT molecular complexity index is 552. The highest BCUT2D eigenvalue weighted by molar-refractivity contribution is 8.02. The molecule has 28 heavy (non-hydrogen) atoms. The van der Waals surface area contributed by atoms with Crippen molar-refractivity contribution < 1.29 is 9.63 Å². The number of anilines is 2. The van der Waals surface area contributed by atoms with Crippen LogP contribution in [-0.4, -0.2) is 68.8 Å². The fourth-order valence-corrected chi connectivity index (χ4v) is 3.17. The van der Waals surface area contributed by atoms with Gasteiger partial charge in [0.15, 0.2) is 5.09 Å². The van der Waals surface area contributed by atoms with Gasteiger partial charge in [-0.1, -0.05) is 25.6 Å². The fraction of sp³-hybridized carbons (Fsp3) is 0.550. The first kappa shape index (κ1) is 24.3. The van der Waals surface area contributed by atoms with Gasteiger partial charge in [-0.2, -0.15) is 5.48 Å². The van der Waals surface area contributed by atoms with Gasteiger partial charge in [0.1, 0.15) is 0 Å². The number of amides is 1. The molecule has 1 aromatic rings. The molecule has 1 amide bonds. The van der Waals surface area contributed by atoms with Gasteiger partial charge >= 0.3 is 0 Å². The second kappa shape index (κ2) is 15.2. The third-order valence-electron chi connectivity index (χ3n) is 4.09. The van der Waals surface area contributed by atoms with E-state index in [1.54, 1.807) is 25.0 Å². The number of hydrogen-bond acceptors (Lipinski definition) is 7. The molecule has 1 aliphatic rings. The van der Waals surface area contributed by atoms with E-state index in [2.05, 4.69) is 46.8 Å². The van der Waals surface area contributed by atoms with Gasteiger partial charge in [-0.05, 0) is 50.0 Å². The van der Waals surface area contributed by atoms with Crippen molar-refractivity contribution in [1.82, 2.24) is 15.3 Å². The SMILES string of the molecule is CCCN1CCN(C)CC1.CCS/C(=C/Nc1ccc(NC=O)cc1)ONC. The highest BCUT2D eigenvalue weighted by Gasteiger charge is 2.11. The van der Waals surface area contributed by atoms with Gasteiger partial charge in [0, 0.05) is 44.6 Å². The molecule has 2 rings (SSSR count). The predicted molar refractivity (Wildman–Crippen MR) is 120 cm³/mol. The van der Waals surface area contributed by atoms with Gasteiger partial charge in [0.25, 0.3) is 0 Å². The monoisotopic (exact) mass is 409 g/mol. The zero-order chi connectivity index (χ0) is 20.6. The Balaban J connectivity index is 0.000000330. The number of hydroxylamine groups is 1. The number of benzene rings is 1. The van der Waals surface area contributed by atoms with Crippen molar-refractivity contribution in [2.24, 2.45) is 0 Å². The van der Waals surface area contributed by atoms with Crippen LogP contribution < -0.4 is 16.1 Å². The van der Waals surface area contributed by atoms with Crippen LogP contribution in [0.3, 0.4) is 0 Å². The van der Waals surface area contributed by atoms with Crippen LogP contribution >= 0.6 is 11.8 Å². The number of nitrogens with one attached hydrogen (secondary N) is 3. The molecule has 1 aliphatic heterocycles. The highest BCUT2D eigenvalue weighted by Crippen LogP contribution is 2.17. The lowest BCUT2D eigenvalue weighted by atomic mass is 10.3. The van der Waals surface area contributed by atoms with Crippen LogP contribution in [0.2, 0.25) is 0 Å². The largest absolute Gasteiger partial charge is 0.400 e. The maximum atomic E-state index is 10.3. The molecular weight excluding hydrogens is 374 g/mol.